The number of nitrogens with zero attached hydrogens (tertiary/aromatic N) is 3. The number of carbonyl (C=O) groups excluding carboxylic acids is 1. The van der Waals surface area contributed by atoms with Crippen LogP contribution in [0.3, 0.4) is 0 Å². The number of halogens is 3. The quantitative estimate of drug-likeness (QED) is 0.839. The molecule has 1 atom stereocenters. The maximum absolute atomic E-state index is 12.5. The van der Waals surface area contributed by atoms with Gasteiger partial charge in [0.2, 0.25) is 0 Å². The average Bonchev–Trinajstić information content (AvgIpc) is 3.06. The largest absolute Gasteiger partial charge is 0.448 e. The molecule has 0 aliphatic carbocycles. The molecule has 3 rings (SSSR count). The number of anilines is 1. The lowest BCUT2D eigenvalue weighted by atomic mass is 10.2. The van der Waals surface area contributed by atoms with Gasteiger partial charge >= 0.3 is 12.3 Å². The summed E-state index contributed by atoms with van der Waals surface area (Å²) in [7, 11) is 0. The van der Waals surface area contributed by atoms with Gasteiger partial charge in [-0.25, -0.2) is 9.78 Å². The number of aromatic nitrogens is 1. The topological polar surface area (TPSA) is 45.7 Å². The van der Waals surface area contributed by atoms with E-state index < -0.39 is 11.7 Å². The van der Waals surface area contributed by atoms with E-state index in [2.05, 4.69) is 4.98 Å². The molecular formula is C13H14F3N3O2. The van der Waals surface area contributed by atoms with Crippen LogP contribution in [-0.2, 0) is 10.9 Å². The fourth-order valence-corrected chi connectivity index (χ4v) is 2.68. The van der Waals surface area contributed by atoms with Gasteiger partial charge in [-0.1, -0.05) is 0 Å². The molecule has 3 heterocycles. The van der Waals surface area contributed by atoms with Crippen molar-refractivity contribution in [2.75, 3.05) is 31.1 Å². The van der Waals surface area contributed by atoms with E-state index in [-0.39, 0.29) is 12.1 Å². The number of carbonyl (C=O) groups is 1. The highest BCUT2D eigenvalue weighted by Crippen LogP contribution is 2.30. The monoisotopic (exact) mass is 301 g/mol. The predicted molar refractivity (Wildman–Crippen MR) is 67.9 cm³/mol. The van der Waals surface area contributed by atoms with Crippen molar-refractivity contribution >= 4 is 11.9 Å². The minimum Gasteiger partial charge on any atom is -0.448 e. The Balaban J connectivity index is 1.67. The van der Waals surface area contributed by atoms with E-state index in [9.17, 15) is 18.0 Å². The van der Waals surface area contributed by atoms with E-state index in [1.807, 2.05) is 4.90 Å². The second kappa shape index (κ2) is 5.09. The summed E-state index contributed by atoms with van der Waals surface area (Å²) in [4.78, 5) is 18.9. The Bertz CT molecular complexity index is 532. The minimum absolute atomic E-state index is 0.0316. The van der Waals surface area contributed by atoms with Crippen LogP contribution >= 0.6 is 0 Å². The molecule has 2 saturated heterocycles. The van der Waals surface area contributed by atoms with E-state index in [0.29, 0.717) is 32.1 Å². The zero-order valence-corrected chi connectivity index (χ0v) is 11.1. The molecular weight excluding hydrogens is 287 g/mol. The smallest absolute Gasteiger partial charge is 0.417 e. The molecule has 2 aliphatic heterocycles. The summed E-state index contributed by atoms with van der Waals surface area (Å²) in [6, 6.07) is 2.43. The van der Waals surface area contributed by atoms with E-state index in [0.717, 1.165) is 18.7 Å². The van der Waals surface area contributed by atoms with Gasteiger partial charge in [0.1, 0.15) is 12.4 Å². The highest BCUT2D eigenvalue weighted by atomic mass is 19.4. The molecule has 0 bridgehead atoms. The predicted octanol–water partition coefficient (Wildman–Crippen LogP) is 2.13. The standard InChI is InChI=1S/C13H14F3N3O2/c14-13(15,16)9-1-2-11(17-7-9)18-4-3-10(8-18)19-5-6-21-12(19)20/h1-2,7,10H,3-6,8H2. The summed E-state index contributed by atoms with van der Waals surface area (Å²) in [6.07, 6.45) is -3.09. The highest BCUT2D eigenvalue weighted by Gasteiger charge is 2.35. The minimum atomic E-state index is -4.38. The summed E-state index contributed by atoms with van der Waals surface area (Å²) in [5.41, 5.74) is -0.759. The Labute approximate surface area is 119 Å². The molecule has 2 aliphatic rings. The zero-order valence-electron chi connectivity index (χ0n) is 11.1. The summed E-state index contributed by atoms with van der Waals surface area (Å²) in [5.74, 6) is 0.498. The van der Waals surface area contributed by atoms with Crippen LogP contribution in [0.25, 0.3) is 0 Å². The van der Waals surface area contributed by atoms with Crippen LogP contribution in [0.5, 0.6) is 0 Å². The Kier molecular flexibility index (Phi) is 3.38. The summed E-state index contributed by atoms with van der Waals surface area (Å²) < 4.78 is 42.4. The first-order chi connectivity index (χ1) is 9.95. The molecule has 0 spiro atoms. The van der Waals surface area contributed by atoms with Gasteiger partial charge < -0.3 is 9.64 Å². The first-order valence-corrected chi connectivity index (χ1v) is 6.67. The fraction of sp³-hybridized carbons (Fsp3) is 0.538. The summed E-state index contributed by atoms with van der Waals surface area (Å²) in [6.45, 7) is 2.19. The normalized spacial score (nSPS) is 22.8. The Hall–Kier alpha value is -1.99. The summed E-state index contributed by atoms with van der Waals surface area (Å²) >= 11 is 0. The third kappa shape index (κ3) is 2.74. The van der Waals surface area contributed by atoms with Gasteiger partial charge in [0.25, 0.3) is 0 Å². The average molecular weight is 301 g/mol. The molecule has 1 aromatic rings. The van der Waals surface area contributed by atoms with Crippen molar-refractivity contribution in [2.45, 2.75) is 18.6 Å². The van der Waals surface area contributed by atoms with Crippen molar-refractivity contribution in [3.05, 3.63) is 23.9 Å². The first-order valence-electron chi connectivity index (χ1n) is 6.67. The van der Waals surface area contributed by atoms with Crippen LogP contribution in [0, 0.1) is 0 Å². The van der Waals surface area contributed by atoms with Gasteiger partial charge in [-0.15, -0.1) is 0 Å². The van der Waals surface area contributed by atoms with Crippen molar-refractivity contribution in [3.8, 4) is 0 Å². The number of hydrogen-bond donors (Lipinski definition) is 0. The van der Waals surface area contributed by atoms with E-state index in [1.54, 1.807) is 4.90 Å². The number of rotatable bonds is 2. The van der Waals surface area contributed by atoms with Gasteiger partial charge in [0.05, 0.1) is 18.2 Å². The molecule has 5 nitrogen and oxygen atoms in total. The highest BCUT2D eigenvalue weighted by molar-refractivity contribution is 5.70. The third-order valence-corrected chi connectivity index (χ3v) is 3.80. The van der Waals surface area contributed by atoms with Gasteiger partial charge in [0, 0.05) is 19.3 Å². The Morgan fingerprint density at radius 2 is 2.10 bits per heavy atom. The zero-order chi connectivity index (χ0) is 15.0. The number of hydrogen-bond acceptors (Lipinski definition) is 4. The Morgan fingerprint density at radius 3 is 2.67 bits per heavy atom. The first kappa shape index (κ1) is 14.0. The van der Waals surface area contributed by atoms with Crippen molar-refractivity contribution in [3.63, 3.8) is 0 Å². The van der Waals surface area contributed by atoms with Crippen LogP contribution in [0.2, 0.25) is 0 Å². The van der Waals surface area contributed by atoms with Crippen molar-refractivity contribution in [1.82, 2.24) is 9.88 Å². The maximum atomic E-state index is 12.5. The molecule has 0 radical (unpaired) electrons. The van der Waals surface area contributed by atoms with Crippen LogP contribution in [0.1, 0.15) is 12.0 Å². The van der Waals surface area contributed by atoms with Gasteiger partial charge in [-0.2, -0.15) is 13.2 Å². The lowest BCUT2D eigenvalue weighted by Gasteiger charge is -2.22. The molecule has 0 saturated carbocycles. The van der Waals surface area contributed by atoms with Crippen LogP contribution < -0.4 is 4.90 Å². The van der Waals surface area contributed by atoms with Crippen LogP contribution in [0.15, 0.2) is 18.3 Å². The molecule has 1 amide bonds. The maximum Gasteiger partial charge on any atom is 0.417 e. The van der Waals surface area contributed by atoms with E-state index in [4.69, 9.17) is 4.74 Å². The lowest BCUT2D eigenvalue weighted by molar-refractivity contribution is -0.137. The second-order valence-electron chi connectivity index (χ2n) is 5.10. The molecule has 0 aromatic carbocycles. The number of alkyl halides is 3. The second-order valence-corrected chi connectivity index (χ2v) is 5.10. The number of amides is 1. The Morgan fingerprint density at radius 1 is 1.29 bits per heavy atom. The van der Waals surface area contributed by atoms with Crippen LogP contribution in [-0.4, -0.2) is 48.3 Å². The van der Waals surface area contributed by atoms with E-state index >= 15 is 0 Å². The molecule has 8 heteroatoms. The third-order valence-electron chi connectivity index (χ3n) is 3.80. The van der Waals surface area contributed by atoms with Crippen molar-refractivity contribution in [1.29, 1.82) is 0 Å². The molecule has 1 unspecified atom stereocenters. The molecule has 114 valence electrons. The SMILES string of the molecule is O=C1OCCN1C1CCN(c2ccc(C(F)(F)F)cn2)C1. The lowest BCUT2D eigenvalue weighted by Crippen LogP contribution is -2.38. The number of pyridine rings is 1. The van der Waals surface area contributed by atoms with Gasteiger partial charge in [0.15, 0.2) is 0 Å². The summed E-state index contributed by atoms with van der Waals surface area (Å²) in [5, 5.41) is 0. The fourth-order valence-electron chi connectivity index (χ4n) is 2.68. The van der Waals surface area contributed by atoms with E-state index in [1.165, 1.54) is 6.07 Å². The van der Waals surface area contributed by atoms with Gasteiger partial charge in [-0.3, -0.25) is 4.90 Å². The molecule has 1 aromatic heterocycles. The molecule has 21 heavy (non-hydrogen) atoms. The van der Waals surface area contributed by atoms with Crippen LogP contribution in [0.4, 0.5) is 23.8 Å². The number of ether oxygens (including phenoxy) is 1. The molecule has 2 fully saturated rings. The molecule has 0 N–H and O–H groups in total. The van der Waals surface area contributed by atoms with Gasteiger partial charge in [-0.05, 0) is 18.6 Å². The number of cyclic esters (lactones) is 1. The van der Waals surface area contributed by atoms with Crippen molar-refractivity contribution < 1.29 is 22.7 Å². The van der Waals surface area contributed by atoms with Crippen molar-refractivity contribution in [2.24, 2.45) is 0 Å².